The lowest BCUT2D eigenvalue weighted by Crippen LogP contribution is -2.22. The van der Waals surface area contributed by atoms with E-state index in [1.807, 2.05) is 54.6 Å². The first-order chi connectivity index (χ1) is 13.1. The maximum absolute atomic E-state index is 13.5. The second-order valence-corrected chi connectivity index (χ2v) is 5.93. The number of ether oxygens (including phenoxy) is 1. The van der Waals surface area contributed by atoms with Gasteiger partial charge in [0.15, 0.2) is 6.61 Å². The summed E-state index contributed by atoms with van der Waals surface area (Å²) in [5, 5.41) is 2.36. The zero-order valence-electron chi connectivity index (χ0n) is 14.5. The van der Waals surface area contributed by atoms with Crippen molar-refractivity contribution < 1.29 is 18.7 Å². The molecule has 136 valence electrons. The molecule has 3 aromatic carbocycles. The van der Waals surface area contributed by atoms with E-state index in [0.29, 0.717) is 0 Å². The molecule has 0 saturated heterocycles. The smallest absolute Gasteiger partial charge is 0.310 e. The topological polar surface area (TPSA) is 55.4 Å². The standard InChI is InChI=1S/C22H18FNO3/c23-19-8-4-5-9-20(19)24-21(25)15-27-22(26)14-16-10-12-18(13-11-16)17-6-2-1-3-7-17/h1-13H,14-15H2,(H,24,25). The Morgan fingerprint density at radius 3 is 2.15 bits per heavy atom. The number of halogens is 1. The molecule has 0 bridgehead atoms. The van der Waals surface area contributed by atoms with Crippen molar-refractivity contribution in [2.24, 2.45) is 0 Å². The first kappa shape index (κ1) is 18.3. The Hall–Kier alpha value is -3.47. The number of carbonyl (C=O) groups is 2. The van der Waals surface area contributed by atoms with Gasteiger partial charge in [-0.25, -0.2) is 4.39 Å². The molecule has 27 heavy (non-hydrogen) atoms. The van der Waals surface area contributed by atoms with Gasteiger partial charge in [0.25, 0.3) is 5.91 Å². The van der Waals surface area contributed by atoms with Crippen molar-refractivity contribution in [2.45, 2.75) is 6.42 Å². The molecule has 3 rings (SSSR count). The Morgan fingerprint density at radius 2 is 1.44 bits per heavy atom. The largest absolute Gasteiger partial charge is 0.455 e. The number of anilines is 1. The molecule has 0 spiro atoms. The number of benzene rings is 3. The van der Waals surface area contributed by atoms with Gasteiger partial charge in [0, 0.05) is 0 Å². The van der Waals surface area contributed by atoms with Gasteiger partial charge < -0.3 is 10.1 Å². The van der Waals surface area contributed by atoms with Crippen molar-refractivity contribution in [3.63, 3.8) is 0 Å². The normalized spacial score (nSPS) is 10.3. The molecular formula is C22H18FNO3. The fraction of sp³-hybridized carbons (Fsp3) is 0.0909. The molecule has 0 aliphatic heterocycles. The first-order valence-corrected chi connectivity index (χ1v) is 8.46. The van der Waals surface area contributed by atoms with E-state index in [1.165, 1.54) is 18.2 Å². The van der Waals surface area contributed by atoms with E-state index in [0.717, 1.165) is 16.7 Å². The van der Waals surface area contributed by atoms with E-state index in [-0.39, 0.29) is 12.1 Å². The molecule has 0 saturated carbocycles. The van der Waals surface area contributed by atoms with E-state index in [9.17, 15) is 14.0 Å². The van der Waals surface area contributed by atoms with Crippen molar-refractivity contribution in [1.29, 1.82) is 0 Å². The summed E-state index contributed by atoms with van der Waals surface area (Å²) >= 11 is 0. The second kappa shape index (κ2) is 8.76. The van der Waals surface area contributed by atoms with Crippen molar-refractivity contribution in [3.05, 3.63) is 90.2 Å². The van der Waals surface area contributed by atoms with Gasteiger partial charge in [0.05, 0.1) is 12.1 Å². The van der Waals surface area contributed by atoms with Gasteiger partial charge in [-0.05, 0) is 28.8 Å². The lowest BCUT2D eigenvalue weighted by molar-refractivity contribution is -0.146. The predicted molar refractivity (Wildman–Crippen MR) is 102 cm³/mol. The van der Waals surface area contributed by atoms with Crippen LogP contribution in [0.1, 0.15) is 5.56 Å². The minimum Gasteiger partial charge on any atom is -0.455 e. The van der Waals surface area contributed by atoms with Crippen LogP contribution in [0.4, 0.5) is 10.1 Å². The minimum absolute atomic E-state index is 0.0510. The summed E-state index contributed by atoms with van der Waals surface area (Å²) in [5.41, 5.74) is 2.98. The molecule has 5 heteroatoms. The van der Waals surface area contributed by atoms with Crippen molar-refractivity contribution in [2.75, 3.05) is 11.9 Å². The van der Waals surface area contributed by atoms with Gasteiger partial charge in [0.1, 0.15) is 5.82 Å². The summed E-state index contributed by atoms with van der Waals surface area (Å²) in [6.45, 7) is -0.463. The molecule has 0 heterocycles. The number of hydrogen-bond acceptors (Lipinski definition) is 3. The summed E-state index contributed by atoms with van der Waals surface area (Å²) in [5.74, 6) is -1.66. The average molecular weight is 363 g/mol. The van der Waals surface area contributed by atoms with Crippen LogP contribution in [0.15, 0.2) is 78.9 Å². The van der Waals surface area contributed by atoms with Crippen LogP contribution in [0.25, 0.3) is 11.1 Å². The van der Waals surface area contributed by atoms with Crippen LogP contribution in [-0.4, -0.2) is 18.5 Å². The average Bonchev–Trinajstić information content (AvgIpc) is 2.69. The highest BCUT2D eigenvalue weighted by Gasteiger charge is 2.10. The fourth-order valence-electron chi connectivity index (χ4n) is 2.56. The number of carbonyl (C=O) groups excluding carboxylic acids is 2. The molecule has 0 unspecified atom stereocenters. The highest BCUT2D eigenvalue weighted by Crippen LogP contribution is 2.19. The Balaban J connectivity index is 1.49. The third-order valence-corrected chi connectivity index (χ3v) is 3.92. The van der Waals surface area contributed by atoms with E-state index in [4.69, 9.17) is 4.74 Å². The first-order valence-electron chi connectivity index (χ1n) is 8.46. The molecule has 4 nitrogen and oxygen atoms in total. The number of para-hydroxylation sites is 1. The number of amides is 1. The minimum atomic E-state index is -0.590. The summed E-state index contributed by atoms with van der Waals surface area (Å²) < 4.78 is 18.4. The van der Waals surface area contributed by atoms with Gasteiger partial charge in [0.2, 0.25) is 0 Å². The lowest BCUT2D eigenvalue weighted by atomic mass is 10.0. The summed E-state index contributed by atoms with van der Waals surface area (Å²) in [7, 11) is 0. The molecule has 0 aliphatic carbocycles. The fourth-order valence-corrected chi connectivity index (χ4v) is 2.56. The van der Waals surface area contributed by atoms with Crippen LogP contribution >= 0.6 is 0 Å². The highest BCUT2D eigenvalue weighted by atomic mass is 19.1. The summed E-state index contributed by atoms with van der Waals surface area (Å²) in [6.07, 6.45) is 0.0576. The summed E-state index contributed by atoms with van der Waals surface area (Å²) in [6, 6.07) is 23.3. The molecule has 0 radical (unpaired) electrons. The number of nitrogens with one attached hydrogen (secondary N) is 1. The van der Waals surface area contributed by atoms with Gasteiger partial charge in [-0.15, -0.1) is 0 Å². The number of hydrogen-bond donors (Lipinski definition) is 1. The van der Waals surface area contributed by atoms with Gasteiger partial charge in [-0.3, -0.25) is 9.59 Å². The summed E-state index contributed by atoms with van der Waals surface area (Å²) in [4.78, 5) is 23.7. The zero-order chi connectivity index (χ0) is 19.1. The quantitative estimate of drug-likeness (QED) is 0.667. The lowest BCUT2D eigenvalue weighted by Gasteiger charge is -2.08. The van der Waals surface area contributed by atoms with Crippen molar-refractivity contribution in [3.8, 4) is 11.1 Å². The molecule has 1 N–H and O–H groups in total. The van der Waals surface area contributed by atoms with Crippen LogP contribution in [-0.2, 0) is 20.7 Å². The van der Waals surface area contributed by atoms with E-state index >= 15 is 0 Å². The molecule has 0 atom stereocenters. The number of esters is 1. The van der Waals surface area contributed by atoms with Gasteiger partial charge >= 0.3 is 5.97 Å². The molecule has 0 aromatic heterocycles. The highest BCUT2D eigenvalue weighted by molar-refractivity contribution is 5.93. The Kier molecular flexibility index (Phi) is 5.94. The van der Waals surface area contributed by atoms with Gasteiger partial charge in [-0.1, -0.05) is 66.7 Å². The third kappa shape index (κ3) is 5.25. The molecule has 0 aliphatic rings. The maximum Gasteiger partial charge on any atom is 0.310 e. The molecule has 1 amide bonds. The van der Waals surface area contributed by atoms with E-state index < -0.39 is 24.3 Å². The SMILES string of the molecule is O=C(COC(=O)Cc1ccc(-c2ccccc2)cc1)Nc1ccccc1F. The van der Waals surface area contributed by atoms with Crippen LogP contribution in [0, 0.1) is 5.82 Å². The number of rotatable bonds is 6. The Bertz CT molecular complexity index is 924. The molecular weight excluding hydrogens is 345 g/mol. The third-order valence-electron chi connectivity index (χ3n) is 3.92. The monoisotopic (exact) mass is 363 g/mol. The van der Waals surface area contributed by atoms with Crippen molar-refractivity contribution >= 4 is 17.6 Å². The van der Waals surface area contributed by atoms with E-state index in [2.05, 4.69) is 5.32 Å². The predicted octanol–water partition coefficient (Wildman–Crippen LogP) is 4.22. The van der Waals surface area contributed by atoms with Crippen LogP contribution in [0.3, 0.4) is 0 Å². The van der Waals surface area contributed by atoms with Gasteiger partial charge in [-0.2, -0.15) is 0 Å². The second-order valence-electron chi connectivity index (χ2n) is 5.93. The molecule has 3 aromatic rings. The van der Waals surface area contributed by atoms with Crippen LogP contribution in [0.2, 0.25) is 0 Å². The Labute approximate surface area is 156 Å². The maximum atomic E-state index is 13.5. The Morgan fingerprint density at radius 1 is 0.815 bits per heavy atom. The van der Waals surface area contributed by atoms with Crippen LogP contribution in [0.5, 0.6) is 0 Å². The molecule has 0 fully saturated rings. The van der Waals surface area contributed by atoms with E-state index in [1.54, 1.807) is 6.07 Å². The van der Waals surface area contributed by atoms with Crippen molar-refractivity contribution in [1.82, 2.24) is 0 Å². The zero-order valence-corrected chi connectivity index (χ0v) is 14.5. The van der Waals surface area contributed by atoms with Crippen LogP contribution < -0.4 is 5.32 Å².